The number of fused-ring (bicyclic) bond motifs is 1. The molecule has 1 atom stereocenters. The first-order valence-electron chi connectivity index (χ1n) is 9.47. The van der Waals surface area contributed by atoms with Crippen LogP contribution in [0.2, 0.25) is 0 Å². The van der Waals surface area contributed by atoms with Gasteiger partial charge in [0.15, 0.2) is 0 Å². The molecular weight excluding hydrogens is 326 g/mol. The number of para-hydroxylation sites is 1. The van der Waals surface area contributed by atoms with E-state index in [9.17, 15) is 0 Å². The SMILES string of the molecule is Cc1cc(NCCN2CCOCC2)nc(N2c3ccccc3CC2C)n1. The number of rotatable bonds is 5. The molecule has 1 aromatic heterocycles. The maximum Gasteiger partial charge on any atom is 0.232 e. The minimum absolute atomic E-state index is 0.371. The number of anilines is 3. The fourth-order valence-electron chi connectivity index (χ4n) is 3.79. The molecule has 6 nitrogen and oxygen atoms in total. The third-order valence-corrected chi connectivity index (χ3v) is 5.10. The Hall–Kier alpha value is -2.18. The van der Waals surface area contributed by atoms with Gasteiger partial charge in [0.05, 0.1) is 13.2 Å². The van der Waals surface area contributed by atoms with Crippen LogP contribution in [0.5, 0.6) is 0 Å². The topological polar surface area (TPSA) is 53.5 Å². The standard InChI is InChI=1S/C20H27N5O/c1-15-13-19(21-7-8-24-9-11-26-12-10-24)23-20(22-15)25-16(2)14-17-5-3-4-6-18(17)25/h3-6,13,16H,7-12,14H2,1-2H3,(H,21,22,23). The molecule has 0 saturated carbocycles. The van der Waals surface area contributed by atoms with Crippen LogP contribution in [0, 0.1) is 6.92 Å². The molecule has 0 spiro atoms. The molecule has 1 aromatic carbocycles. The Kier molecular flexibility index (Phi) is 5.04. The van der Waals surface area contributed by atoms with Crippen LogP contribution in [0.3, 0.4) is 0 Å². The van der Waals surface area contributed by atoms with Gasteiger partial charge in [0.1, 0.15) is 5.82 Å². The van der Waals surface area contributed by atoms with Crippen LogP contribution < -0.4 is 10.2 Å². The van der Waals surface area contributed by atoms with Crippen molar-refractivity contribution in [3.63, 3.8) is 0 Å². The highest BCUT2D eigenvalue weighted by molar-refractivity contribution is 5.67. The van der Waals surface area contributed by atoms with E-state index >= 15 is 0 Å². The molecule has 0 radical (unpaired) electrons. The smallest absolute Gasteiger partial charge is 0.232 e. The van der Waals surface area contributed by atoms with Gasteiger partial charge in [0.25, 0.3) is 0 Å². The monoisotopic (exact) mass is 353 g/mol. The Labute approximate surface area is 155 Å². The summed E-state index contributed by atoms with van der Waals surface area (Å²) in [5.41, 5.74) is 3.58. The van der Waals surface area contributed by atoms with E-state index in [-0.39, 0.29) is 0 Å². The summed E-state index contributed by atoms with van der Waals surface area (Å²) in [5.74, 6) is 1.69. The van der Waals surface area contributed by atoms with Gasteiger partial charge < -0.3 is 15.0 Å². The number of hydrogen-bond donors (Lipinski definition) is 1. The van der Waals surface area contributed by atoms with Crippen LogP contribution >= 0.6 is 0 Å². The predicted molar refractivity (Wildman–Crippen MR) is 104 cm³/mol. The van der Waals surface area contributed by atoms with Crippen LogP contribution in [-0.4, -0.2) is 60.3 Å². The maximum absolute atomic E-state index is 5.40. The molecule has 0 bridgehead atoms. The molecule has 26 heavy (non-hydrogen) atoms. The lowest BCUT2D eigenvalue weighted by Crippen LogP contribution is -2.39. The highest BCUT2D eigenvalue weighted by Crippen LogP contribution is 2.36. The lowest BCUT2D eigenvalue weighted by Gasteiger charge is -2.27. The Morgan fingerprint density at radius 1 is 1.19 bits per heavy atom. The van der Waals surface area contributed by atoms with Crippen LogP contribution in [0.15, 0.2) is 30.3 Å². The second-order valence-corrected chi connectivity index (χ2v) is 7.13. The summed E-state index contributed by atoms with van der Waals surface area (Å²) in [5, 5.41) is 3.48. The summed E-state index contributed by atoms with van der Waals surface area (Å²) in [6.07, 6.45) is 1.03. The first-order valence-corrected chi connectivity index (χ1v) is 9.47. The van der Waals surface area contributed by atoms with Crippen molar-refractivity contribution < 1.29 is 4.74 Å². The summed E-state index contributed by atoms with van der Waals surface area (Å²) in [6, 6.07) is 10.9. The number of ether oxygens (including phenoxy) is 1. The van der Waals surface area contributed by atoms with E-state index in [1.807, 2.05) is 13.0 Å². The lowest BCUT2D eigenvalue weighted by atomic mass is 10.1. The molecule has 0 aliphatic carbocycles. The summed E-state index contributed by atoms with van der Waals surface area (Å²) >= 11 is 0. The minimum Gasteiger partial charge on any atom is -0.379 e. The van der Waals surface area contributed by atoms with E-state index in [0.717, 1.165) is 63.3 Å². The maximum atomic E-state index is 5.40. The van der Waals surface area contributed by atoms with Crippen molar-refractivity contribution >= 4 is 17.5 Å². The first kappa shape index (κ1) is 17.2. The Morgan fingerprint density at radius 3 is 2.85 bits per heavy atom. The zero-order valence-electron chi connectivity index (χ0n) is 15.6. The average molecular weight is 353 g/mol. The number of morpholine rings is 1. The van der Waals surface area contributed by atoms with Crippen molar-refractivity contribution in [2.24, 2.45) is 0 Å². The van der Waals surface area contributed by atoms with Crippen molar-refractivity contribution in [2.75, 3.05) is 49.6 Å². The zero-order valence-corrected chi connectivity index (χ0v) is 15.6. The van der Waals surface area contributed by atoms with Gasteiger partial charge in [-0.2, -0.15) is 4.98 Å². The fourth-order valence-corrected chi connectivity index (χ4v) is 3.79. The van der Waals surface area contributed by atoms with E-state index < -0.39 is 0 Å². The van der Waals surface area contributed by atoms with Crippen molar-refractivity contribution in [3.8, 4) is 0 Å². The molecule has 2 aliphatic rings. The van der Waals surface area contributed by atoms with E-state index in [1.165, 1.54) is 11.3 Å². The fraction of sp³-hybridized carbons (Fsp3) is 0.500. The second-order valence-electron chi connectivity index (χ2n) is 7.13. The number of nitrogens with one attached hydrogen (secondary N) is 1. The van der Waals surface area contributed by atoms with E-state index in [4.69, 9.17) is 14.7 Å². The van der Waals surface area contributed by atoms with Gasteiger partial charge in [-0.1, -0.05) is 18.2 Å². The number of hydrogen-bond acceptors (Lipinski definition) is 6. The highest BCUT2D eigenvalue weighted by Gasteiger charge is 2.29. The zero-order chi connectivity index (χ0) is 17.9. The molecule has 1 saturated heterocycles. The quantitative estimate of drug-likeness (QED) is 0.892. The number of aryl methyl sites for hydroxylation is 1. The molecule has 1 unspecified atom stereocenters. The average Bonchev–Trinajstić information content (AvgIpc) is 2.98. The molecule has 6 heteroatoms. The van der Waals surface area contributed by atoms with Crippen molar-refractivity contribution in [1.82, 2.24) is 14.9 Å². The Balaban J connectivity index is 1.48. The molecule has 0 amide bonds. The van der Waals surface area contributed by atoms with Gasteiger partial charge >= 0.3 is 0 Å². The van der Waals surface area contributed by atoms with Gasteiger partial charge in [-0.25, -0.2) is 4.98 Å². The van der Waals surface area contributed by atoms with E-state index in [1.54, 1.807) is 0 Å². The normalized spacial score (nSPS) is 20.2. The molecular formula is C20H27N5O. The number of benzene rings is 1. The first-order chi connectivity index (χ1) is 12.7. The summed E-state index contributed by atoms with van der Waals surface area (Å²) in [7, 11) is 0. The van der Waals surface area contributed by atoms with Crippen molar-refractivity contribution in [3.05, 3.63) is 41.6 Å². The Morgan fingerprint density at radius 2 is 2.00 bits per heavy atom. The molecule has 1 fully saturated rings. The highest BCUT2D eigenvalue weighted by atomic mass is 16.5. The number of aromatic nitrogens is 2. The Bertz CT molecular complexity index is 760. The molecule has 2 aliphatic heterocycles. The second kappa shape index (κ2) is 7.60. The van der Waals surface area contributed by atoms with Crippen molar-refractivity contribution in [2.45, 2.75) is 26.3 Å². The van der Waals surface area contributed by atoms with Crippen LogP contribution in [-0.2, 0) is 11.2 Å². The van der Waals surface area contributed by atoms with Gasteiger partial charge in [-0.15, -0.1) is 0 Å². The molecule has 2 aromatic rings. The van der Waals surface area contributed by atoms with Crippen LogP contribution in [0.1, 0.15) is 18.2 Å². The third-order valence-electron chi connectivity index (χ3n) is 5.10. The number of nitrogens with zero attached hydrogens (tertiary/aromatic N) is 4. The molecule has 4 rings (SSSR count). The van der Waals surface area contributed by atoms with Gasteiger partial charge in [0, 0.05) is 49.7 Å². The van der Waals surface area contributed by atoms with Gasteiger partial charge in [-0.3, -0.25) is 4.90 Å². The predicted octanol–water partition coefficient (Wildman–Crippen LogP) is 2.61. The lowest BCUT2D eigenvalue weighted by molar-refractivity contribution is 0.0398. The molecule has 3 heterocycles. The summed E-state index contributed by atoms with van der Waals surface area (Å²) in [6.45, 7) is 9.84. The van der Waals surface area contributed by atoms with Gasteiger partial charge in [-0.05, 0) is 31.9 Å². The summed E-state index contributed by atoms with van der Waals surface area (Å²) in [4.78, 5) is 14.2. The minimum atomic E-state index is 0.371. The van der Waals surface area contributed by atoms with E-state index in [2.05, 4.69) is 46.3 Å². The van der Waals surface area contributed by atoms with Crippen LogP contribution in [0.4, 0.5) is 17.5 Å². The molecule has 138 valence electrons. The molecule has 1 N–H and O–H groups in total. The van der Waals surface area contributed by atoms with Crippen LogP contribution in [0.25, 0.3) is 0 Å². The largest absolute Gasteiger partial charge is 0.379 e. The van der Waals surface area contributed by atoms with E-state index in [0.29, 0.717) is 6.04 Å². The van der Waals surface area contributed by atoms with Crippen molar-refractivity contribution in [1.29, 1.82) is 0 Å². The summed E-state index contributed by atoms with van der Waals surface area (Å²) < 4.78 is 5.40. The third kappa shape index (κ3) is 3.66. The van der Waals surface area contributed by atoms with Gasteiger partial charge in [0.2, 0.25) is 5.95 Å².